The first-order valence-corrected chi connectivity index (χ1v) is 4.23. The molecule has 0 saturated heterocycles. The van der Waals surface area contributed by atoms with Gasteiger partial charge in [0.2, 0.25) is 5.62 Å². The summed E-state index contributed by atoms with van der Waals surface area (Å²) in [4.78, 5) is 10.1. The number of hydrogen-bond acceptors (Lipinski definition) is 4. The molecule has 0 heterocycles. The monoisotopic (exact) mass is 180 g/mol. The summed E-state index contributed by atoms with van der Waals surface area (Å²) in [6, 6.07) is 0. The minimum Gasteiger partial charge on any atom is -0.481 e. The lowest BCUT2D eigenvalue weighted by Gasteiger charge is -2.12. The van der Waals surface area contributed by atoms with Crippen molar-refractivity contribution in [3.05, 3.63) is 0 Å². The zero-order chi connectivity index (χ0) is 8.69. The molecule has 11 heavy (non-hydrogen) atoms. The van der Waals surface area contributed by atoms with Crippen LogP contribution in [0.4, 0.5) is 0 Å². The SMILES string of the molecule is CCOC(OC)SCC(=O)O. The molecule has 66 valence electrons. The quantitative estimate of drug-likeness (QED) is 0.612. The van der Waals surface area contributed by atoms with Crippen molar-refractivity contribution in [3.8, 4) is 0 Å². The van der Waals surface area contributed by atoms with Gasteiger partial charge in [0, 0.05) is 13.7 Å². The molecule has 0 aliphatic heterocycles. The van der Waals surface area contributed by atoms with Crippen LogP contribution in [0.3, 0.4) is 0 Å². The number of rotatable bonds is 6. The van der Waals surface area contributed by atoms with E-state index in [2.05, 4.69) is 0 Å². The summed E-state index contributed by atoms with van der Waals surface area (Å²) < 4.78 is 9.84. The Bertz CT molecular complexity index is 117. The summed E-state index contributed by atoms with van der Waals surface area (Å²) in [6.45, 7) is 2.35. The minimum atomic E-state index is -0.864. The molecule has 0 aromatic rings. The number of carboxylic acid groups (broad SMARTS) is 1. The highest BCUT2D eigenvalue weighted by Gasteiger charge is 2.08. The Morgan fingerprint density at radius 2 is 2.36 bits per heavy atom. The number of carbonyl (C=O) groups is 1. The van der Waals surface area contributed by atoms with Crippen LogP contribution in [0.15, 0.2) is 0 Å². The molecular formula is C6H12O4S. The smallest absolute Gasteiger partial charge is 0.313 e. The van der Waals surface area contributed by atoms with Gasteiger partial charge in [0.25, 0.3) is 0 Å². The Morgan fingerprint density at radius 1 is 1.73 bits per heavy atom. The molecule has 0 aromatic heterocycles. The van der Waals surface area contributed by atoms with E-state index in [1.807, 2.05) is 6.92 Å². The summed E-state index contributed by atoms with van der Waals surface area (Å²) in [5.74, 6) is -0.866. The highest BCUT2D eigenvalue weighted by molar-refractivity contribution is 8.00. The molecule has 1 N–H and O–H groups in total. The fraction of sp³-hybridized carbons (Fsp3) is 0.833. The predicted octanol–water partition coefficient (Wildman–Crippen LogP) is 0.771. The van der Waals surface area contributed by atoms with Crippen LogP contribution < -0.4 is 0 Å². The summed E-state index contributed by atoms with van der Waals surface area (Å²) >= 11 is 1.11. The van der Waals surface area contributed by atoms with Crippen molar-refractivity contribution in [2.75, 3.05) is 19.5 Å². The van der Waals surface area contributed by atoms with E-state index >= 15 is 0 Å². The number of thioether (sulfide) groups is 1. The molecule has 1 atom stereocenters. The molecule has 0 saturated carbocycles. The van der Waals surface area contributed by atoms with Crippen molar-refractivity contribution in [3.63, 3.8) is 0 Å². The fourth-order valence-corrected chi connectivity index (χ4v) is 1.11. The van der Waals surface area contributed by atoms with Gasteiger partial charge < -0.3 is 14.6 Å². The highest BCUT2D eigenvalue weighted by Crippen LogP contribution is 2.11. The number of carboxylic acids is 1. The second-order valence-corrected chi connectivity index (χ2v) is 2.69. The van der Waals surface area contributed by atoms with Gasteiger partial charge in [-0.3, -0.25) is 4.79 Å². The zero-order valence-corrected chi connectivity index (χ0v) is 7.39. The highest BCUT2D eigenvalue weighted by atomic mass is 32.2. The second kappa shape index (κ2) is 6.45. The van der Waals surface area contributed by atoms with Gasteiger partial charge >= 0.3 is 5.97 Å². The van der Waals surface area contributed by atoms with E-state index in [4.69, 9.17) is 14.6 Å². The van der Waals surface area contributed by atoms with Crippen molar-refractivity contribution >= 4 is 17.7 Å². The molecule has 0 radical (unpaired) electrons. The molecular weight excluding hydrogens is 168 g/mol. The molecule has 0 rings (SSSR count). The lowest BCUT2D eigenvalue weighted by atomic mass is 10.8. The molecule has 0 aromatic carbocycles. The van der Waals surface area contributed by atoms with Gasteiger partial charge in [0.15, 0.2) is 0 Å². The molecule has 0 amide bonds. The van der Waals surface area contributed by atoms with Crippen LogP contribution in [0.2, 0.25) is 0 Å². The largest absolute Gasteiger partial charge is 0.481 e. The molecule has 4 nitrogen and oxygen atoms in total. The predicted molar refractivity (Wildman–Crippen MR) is 42.5 cm³/mol. The maximum Gasteiger partial charge on any atom is 0.313 e. The van der Waals surface area contributed by atoms with Crippen molar-refractivity contribution in [1.82, 2.24) is 0 Å². The molecule has 0 fully saturated rings. The van der Waals surface area contributed by atoms with Crippen LogP contribution in [-0.4, -0.2) is 36.2 Å². The molecule has 5 heteroatoms. The summed E-state index contributed by atoms with van der Waals surface area (Å²) in [5.41, 5.74) is -0.462. The number of hydrogen-bond donors (Lipinski definition) is 1. The van der Waals surface area contributed by atoms with Crippen molar-refractivity contribution in [2.24, 2.45) is 0 Å². The van der Waals surface area contributed by atoms with E-state index in [1.54, 1.807) is 0 Å². The van der Waals surface area contributed by atoms with E-state index in [1.165, 1.54) is 7.11 Å². The molecule has 0 aliphatic carbocycles. The Labute approximate surface area is 69.9 Å². The third kappa shape index (κ3) is 6.15. The lowest BCUT2D eigenvalue weighted by Crippen LogP contribution is -2.13. The lowest BCUT2D eigenvalue weighted by molar-refractivity contribution is -0.134. The Balaban J connectivity index is 3.43. The van der Waals surface area contributed by atoms with Gasteiger partial charge in [-0.25, -0.2) is 0 Å². The normalized spacial score (nSPS) is 12.9. The van der Waals surface area contributed by atoms with E-state index in [-0.39, 0.29) is 5.75 Å². The second-order valence-electron chi connectivity index (χ2n) is 1.68. The maximum absolute atomic E-state index is 10.1. The van der Waals surface area contributed by atoms with Gasteiger partial charge in [-0.2, -0.15) is 0 Å². The molecule has 0 aliphatic rings. The molecule has 0 bridgehead atoms. The summed E-state index contributed by atoms with van der Waals surface area (Å²) in [5, 5.41) is 8.29. The third-order valence-electron chi connectivity index (χ3n) is 0.838. The number of aliphatic carboxylic acids is 1. The first-order chi connectivity index (χ1) is 5.20. The van der Waals surface area contributed by atoms with Crippen molar-refractivity contribution in [2.45, 2.75) is 12.5 Å². The van der Waals surface area contributed by atoms with Crippen LogP contribution in [0.25, 0.3) is 0 Å². The molecule has 0 spiro atoms. The standard InChI is InChI=1S/C6H12O4S/c1-3-10-6(9-2)11-4-5(7)8/h6H,3-4H2,1-2H3,(H,7,8). The summed E-state index contributed by atoms with van der Waals surface area (Å²) in [6.07, 6.45) is 0. The van der Waals surface area contributed by atoms with Crippen LogP contribution in [-0.2, 0) is 14.3 Å². The van der Waals surface area contributed by atoms with Gasteiger partial charge in [-0.15, -0.1) is 0 Å². The number of ether oxygens (including phenoxy) is 2. The molecule has 1 unspecified atom stereocenters. The van der Waals surface area contributed by atoms with E-state index in [0.29, 0.717) is 6.61 Å². The first-order valence-electron chi connectivity index (χ1n) is 3.18. The van der Waals surface area contributed by atoms with Crippen LogP contribution in [0, 0.1) is 0 Å². The topological polar surface area (TPSA) is 55.8 Å². The van der Waals surface area contributed by atoms with Gasteiger partial charge in [-0.05, 0) is 6.92 Å². The Kier molecular flexibility index (Phi) is 6.30. The van der Waals surface area contributed by atoms with E-state index in [0.717, 1.165) is 11.8 Å². The Morgan fingerprint density at radius 3 is 2.73 bits per heavy atom. The minimum absolute atomic E-state index is 0.00148. The fourth-order valence-electron chi connectivity index (χ4n) is 0.460. The van der Waals surface area contributed by atoms with Gasteiger partial charge in [0.1, 0.15) is 0 Å². The number of methoxy groups -OCH3 is 1. The maximum atomic E-state index is 10.1. The van der Waals surface area contributed by atoms with Gasteiger partial charge in [-0.1, -0.05) is 11.8 Å². The van der Waals surface area contributed by atoms with E-state index in [9.17, 15) is 4.79 Å². The average Bonchev–Trinajstić information content (AvgIpc) is 1.97. The zero-order valence-electron chi connectivity index (χ0n) is 6.57. The average molecular weight is 180 g/mol. The van der Waals surface area contributed by atoms with Crippen LogP contribution in [0.5, 0.6) is 0 Å². The van der Waals surface area contributed by atoms with E-state index < -0.39 is 11.6 Å². The van der Waals surface area contributed by atoms with Crippen LogP contribution in [0.1, 0.15) is 6.92 Å². The van der Waals surface area contributed by atoms with Crippen molar-refractivity contribution < 1.29 is 19.4 Å². The van der Waals surface area contributed by atoms with Gasteiger partial charge in [0.05, 0.1) is 5.75 Å². The summed E-state index contributed by atoms with van der Waals surface area (Å²) in [7, 11) is 1.48. The van der Waals surface area contributed by atoms with Crippen molar-refractivity contribution in [1.29, 1.82) is 0 Å². The van der Waals surface area contributed by atoms with Crippen LogP contribution >= 0.6 is 11.8 Å². The third-order valence-corrected chi connectivity index (χ3v) is 1.85. The Hall–Kier alpha value is -0.260. The first kappa shape index (κ1) is 10.7.